The number of hydrogen-bond acceptors (Lipinski definition) is 6. The van der Waals surface area contributed by atoms with Crippen molar-refractivity contribution in [2.75, 3.05) is 13.2 Å². The number of primary amides is 1. The second kappa shape index (κ2) is 11.2. The van der Waals surface area contributed by atoms with Crippen LogP contribution in [0.5, 0.6) is 0 Å². The Bertz CT molecular complexity index is 896. The van der Waals surface area contributed by atoms with Gasteiger partial charge in [-0.25, -0.2) is 4.98 Å². The predicted molar refractivity (Wildman–Crippen MR) is 114 cm³/mol. The van der Waals surface area contributed by atoms with Gasteiger partial charge in [0, 0.05) is 18.2 Å². The highest BCUT2D eigenvalue weighted by Crippen LogP contribution is 2.51. The number of nitrogens with zero attached hydrogens (tertiary/aromatic N) is 1. The molecule has 10 heteroatoms. The smallest absolute Gasteiger partial charge is 0.335 e. The fourth-order valence-electron chi connectivity index (χ4n) is 2.73. The minimum atomic E-state index is -3.24. The summed E-state index contributed by atoms with van der Waals surface area (Å²) in [6.07, 6.45) is 1.81. The maximum absolute atomic E-state index is 12.6. The lowest BCUT2D eigenvalue weighted by Crippen LogP contribution is -2.45. The summed E-state index contributed by atoms with van der Waals surface area (Å²) < 4.78 is 23.2. The van der Waals surface area contributed by atoms with Gasteiger partial charge in [0.15, 0.2) is 0 Å². The zero-order valence-corrected chi connectivity index (χ0v) is 18.5. The Morgan fingerprint density at radius 1 is 1.10 bits per heavy atom. The van der Waals surface area contributed by atoms with Gasteiger partial charge in [0.2, 0.25) is 5.91 Å². The standard InChI is InChI=1S/C20H25ClN3O5P/c1-3-28-30(27,29-4-2)13-14-5-8-16(9-6-14)20(26)24-17(19(22)25)11-15-7-10-18(21)23-12-15/h5-10,12,17H,3-4,11,13H2,1-2H3,(H2,22,25)(H,24,26)/t17-/m0/s1. The number of benzene rings is 1. The number of nitrogens with one attached hydrogen (secondary N) is 1. The lowest BCUT2D eigenvalue weighted by Gasteiger charge is -2.17. The summed E-state index contributed by atoms with van der Waals surface area (Å²) in [5.74, 6) is -1.12. The van der Waals surface area contributed by atoms with Gasteiger partial charge < -0.3 is 20.1 Å². The van der Waals surface area contributed by atoms with Crippen LogP contribution < -0.4 is 11.1 Å². The molecule has 0 radical (unpaired) electrons. The van der Waals surface area contributed by atoms with Crippen LogP contribution in [-0.2, 0) is 31.0 Å². The first-order valence-electron chi connectivity index (χ1n) is 9.44. The highest BCUT2D eigenvalue weighted by molar-refractivity contribution is 7.53. The molecule has 1 heterocycles. The summed E-state index contributed by atoms with van der Waals surface area (Å²) in [5, 5.41) is 2.96. The Hall–Kier alpha value is -2.25. The number of nitrogens with two attached hydrogens (primary N) is 1. The number of rotatable bonds is 11. The molecule has 8 nitrogen and oxygen atoms in total. The third-order valence-electron chi connectivity index (χ3n) is 4.12. The second-order valence-corrected chi connectivity index (χ2v) is 8.86. The molecule has 2 rings (SSSR count). The SMILES string of the molecule is CCOP(=O)(Cc1ccc(C(=O)N[C@@H](Cc2ccc(Cl)nc2)C(N)=O)cc1)OCC. The molecule has 3 N–H and O–H groups in total. The van der Waals surface area contributed by atoms with Crippen LogP contribution in [0.15, 0.2) is 42.6 Å². The quantitative estimate of drug-likeness (QED) is 0.397. The van der Waals surface area contributed by atoms with Crippen molar-refractivity contribution in [2.24, 2.45) is 5.73 Å². The molecule has 0 aliphatic carbocycles. The molecule has 30 heavy (non-hydrogen) atoms. The molecular formula is C20H25ClN3O5P. The highest BCUT2D eigenvalue weighted by Gasteiger charge is 2.24. The second-order valence-electron chi connectivity index (χ2n) is 6.42. The Kier molecular flexibility index (Phi) is 8.99. The summed E-state index contributed by atoms with van der Waals surface area (Å²) in [6.45, 7) is 4.04. The third-order valence-corrected chi connectivity index (χ3v) is 6.40. The van der Waals surface area contributed by atoms with E-state index >= 15 is 0 Å². The summed E-state index contributed by atoms with van der Waals surface area (Å²) >= 11 is 5.76. The van der Waals surface area contributed by atoms with E-state index in [1.54, 1.807) is 50.2 Å². The lowest BCUT2D eigenvalue weighted by atomic mass is 10.1. The maximum Gasteiger partial charge on any atom is 0.335 e. The molecule has 2 amide bonds. The lowest BCUT2D eigenvalue weighted by molar-refractivity contribution is -0.119. The number of carbonyl (C=O) groups is 2. The topological polar surface area (TPSA) is 121 Å². The first-order valence-corrected chi connectivity index (χ1v) is 11.5. The molecule has 162 valence electrons. The monoisotopic (exact) mass is 453 g/mol. The molecule has 0 unspecified atom stereocenters. The Morgan fingerprint density at radius 3 is 2.20 bits per heavy atom. The summed E-state index contributed by atoms with van der Waals surface area (Å²) in [7, 11) is -3.24. The molecule has 2 aromatic rings. The van der Waals surface area contributed by atoms with Gasteiger partial charge in [-0.1, -0.05) is 29.8 Å². The number of carbonyl (C=O) groups excluding carboxylic acids is 2. The van der Waals surface area contributed by atoms with Crippen molar-refractivity contribution in [2.45, 2.75) is 32.5 Å². The molecule has 1 atom stereocenters. The molecule has 1 aromatic carbocycles. The van der Waals surface area contributed by atoms with Crippen LogP contribution in [-0.4, -0.2) is 36.1 Å². The van der Waals surface area contributed by atoms with E-state index in [-0.39, 0.29) is 25.8 Å². The van der Waals surface area contributed by atoms with E-state index in [1.807, 2.05) is 0 Å². The van der Waals surface area contributed by atoms with E-state index in [9.17, 15) is 14.2 Å². The first kappa shape index (κ1) is 24.0. The van der Waals surface area contributed by atoms with Crippen molar-refractivity contribution in [1.29, 1.82) is 0 Å². The van der Waals surface area contributed by atoms with Gasteiger partial charge in [-0.05, 0) is 43.2 Å². The van der Waals surface area contributed by atoms with E-state index in [2.05, 4.69) is 10.3 Å². The van der Waals surface area contributed by atoms with Crippen LogP contribution in [0, 0.1) is 0 Å². The molecule has 0 aliphatic rings. The van der Waals surface area contributed by atoms with E-state index < -0.39 is 25.5 Å². The zero-order chi connectivity index (χ0) is 22.1. The molecule has 0 saturated heterocycles. The largest absolute Gasteiger partial charge is 0.368 e. The fraction of sp³-hybridized carbons (Fsp3) is 0.350. The Morgan fingerprint density at radius 2 is 1.70 bits per heavy atom. The van der Waals surface area contributed by atoms with E-state index in [0.29, 0.717) is 21.8 Å². The molecule has 0 aliphatic heterocycles. The van der Waals surface area contributed by atoms with Gasteiger partial charge in [-0.15, -0.1) is 0 Å². The Balaban J connectivity index is 2.05. The minimum absolute atomic E-state index is 0.101. The van der Waals surface area contributed by atoms with Crippen molar-refractivity contribution in [3.05, 3.63) is 64.4 Å². The maximum atomic E-state index is 12.6. The van der Waals surface area contributed by atoms with Crippen molar-refractivity contribution in [3.63, 3.8) is 0 Å². The third kappa shape index (κ3) is 7.22. The van der Waals surface area contributed by atoms with Crippen LogP contribution in [0.25, 0.3) is 0 Å². The number of aromatic nitrogens is 1. The van der Waals surface area contributed by atoms with Crippen LogP contribution >= 0.6 is 19.2 Å². The zero-order valence-electron chi connectivity index (χ0n) is 16.8. The van der Waals surface area contributed by atoms with Crippen molar-refractivity contribution < 1.29 is 23.2 Å². The van der Waals surface area contributed by atoms with Gasteiger partial charge in [-0.3, -0.25) is 14.2 Å². The van der Waals surface area contributed by atoms with Gasteiger partial charge in [-0.2, -0.15) is 0 Å². The van der Waals surface area contributed by atoms with Gasteiger partial charge >= 0.3 is 7.60 Å². The van der Waals surface area contributed by atoms with Crippen LogP contribution in [0.1, 0.15) is 35.3 Å². The summed E-state index contributed by atoms with van der Waals surface area (Å²) in [6, 6.07) is 8.89. The highest BCUT2D eigenvalue weighted by atomic mass is 35.5. The van der Waals surface area contributed by atoms with Crippen molar-refractivity contribution in [1.82, 2.24) is 10.3 Å². The molecule has 0 saturated carbocycles. The van der Waals surface area contributed by atoms with Crippen LogP contribution in [0.2, 0.25) is 5.15 Å². The normalized spacial score (nSPS) is 12.4. The number of amides is 2. The van der Waals surface area contributed by atoms with Gasteiger partial charge in [0.05, 0.1) is 19.4 Å². The molecular weight excluding hydrogens is 429 g/mol. The molecule has 0 fully saturated rings. The van der Waals surface area contributed by atoms with Gasteiger partial charge in [0.1, 0.15) is 11.2 Å². The fourth-order valence-corrected chi connectivity index (χ4v) is 4.55. The molecule has 1 aromatic heterocycles. The minimum Gasteiger partial charge on any atom is -0.368 e. The number of pyridine rings is 1. The average Bonchev–Trinajstić information content (AvgIpc) is 2.69. The van der Waals surface area contributed by atoms with Crippen LogP contribution in [0.3, 0.4) is 0 Å². The summed E-state index contributed by atoms with van der Waals surface area (Å²) in [4.78, 5) is 28.3. The van der Waals surface area contributed by atoms with E-state index in [4.69, 9.17) is 26.4 Å². The van der Waals surface area contributed by atoms with Crippen molar-refractivity contribution >= 4 is 31.0 Å². The first-order chi connectivity index (χ1) is 14.3. The van der Waals surface area contributed by atoms with Crippen molar-refractivity contribution in [3.8, 4) is 0 Å². The average molecular weight is 454 g/mol. The number of halogens is 1. The van der Waals surface area contributed by atoms with Gasteiger partial charge in [0.25, 0.3) is 5.91 Å². The molecule has 0 bridgehead atoms. The van der Waals surface area contributed by atoms with Crippen LogP contribution in [0.4, 0.5) is 0 Å². The molecule has 0 spiro atoms. The predicted octanol–water partition coefficient (Wildman–Crippen LogP) is 3.33. The summed E-state index contributed by atoms with van der Waals surface area (Å²) in [5.41, 5.74) is 7.18. The Labute approximate surface area is 180 Å². The number of hydrogen-bond donors (Lipinski definition) is 2. The van der Waals surface area contributed by atoms with E-state index in [1.165, 1.54) is 6.20 Å². The van der Waals surface area contributed by atoms with E-state index in [0.717, 1.165) is 0 Å².